The van der Waals surface area contributed by atoms with Gasteiger partial charge in [-0.25, -0.2) is 9.37 Å². The molecule has 1 aromatic heterocycles. The minimum Gasteiger partial charge on any atom is -0.497 e. The molecule has 1 N–H and O–H groups in total. The second kappa shape index (κ2) is 7.33. The summed E-state index contributed by atoms with van der Waals surface area (Å²) in [6, 6.07) is 11.3. The molecule has 0 aliphatic carbocycles. The largest absolute Gasteiger partial charge is 0.497 e. The Bertz CT molecular complexity index is 925. The molecule has 128 valence electrons. The lowest BCUT2D eigenvalue weighted by Crippen LogP contribution is -2.12. The lowest BCUT2D eigenvalue weighted by atomic mass is 10.1. The van der Waals surface area contributed by atoms with Crippen molar-refractivity contribution in [2.24, 2.45) is 0 Å². The Morgan fingerprint density at radius 3 is 2.64 bits per heavy atom. The number of ether oxygens (including phenoxy) is 1. The van der Waals surface area contributed by atoms with Gasteiger partial charge in [-0.3, -0.25) is 10.1 Å². The van der Waals surface area contributed by atoms with E-state index in [4.69, 9.17) is 4.74 Å². The average molecular weight is 421 g/mol. The van der Waals surface area contributed by atoms with E-state index in [1.165, 1.54) is 23.5 Å². The molecule has 7 heteroatoms. The lowest BCUT2D eigenvalue weighted by molar-refractivity contribution is 0.102. The van der Waals surface area contributed by atoms with Gasteiger partial charge in [0.25, 0.3) is 5.91 Å². The van der Waals surface area contributed by atoms with E-state index >= 15 is 0 Å². The molecule has 0 radical (unpaired) electrons. The number of hydrogen-bond acceptors (Lipinski definition) is 4. The number of nitrogens with one attached hydrogen (secondary N) is 1. The number of rotatable bonds is 4. The summed E-state index contributed by atoms with van der Waals surface area (Å²) in [4.78, 5) is 17.9. The van der Waals surface area contributed by atoms with Crippen molar-refractivity contribution in [3.05, 3.63) is 63.2 Å². The maximum Gasteiger partial charge on any atom is 0.258 e. The zero-order valence-electron chi connectivity index (χ0n) is 13.5. The van der Waals surface area contributed by atoms with Gasteiger partial charge in [0.1, 0.15) is 11.6 Å². The van der Waals surface area contributed by atoms with Crippen LogP contribution in [0.2, 0.25) is 0 Å². The molecule has 0 bridgehead atoms. The number of thiazole rings is 1. The molecule has 0 atom stereocenters. The number of halogens is 2. The van der Waals surface area contributed by atoms with Gasteiger partial charge in [0, 0.05) is 14.9 Å². The fourth-order valence-electron chi connectivity index (χ4n) is 2.30. The minimum atomic E-state index is -0.298. The molecule has 0 fully saturated rings. The van der Waals surface area contributed by atoms with Crippen LogP contribution in [0.3, 0.4) is 0 Å². The van der Waals surface area contributed by atoms with Gasteiger partial charge in [0.2, 0.25) is 0 Å². The van der Waals surface area contributed by atoms with Gasteiger partial charge in [-0.2, -0.15) is 0 Å². The van der Waals surface area contributed by atoms with Crippen LogP contribution >= 0.6 is 27.3 Å². The molecule has 3 aromatic rings. The molecular formula is C18H14BrFN2O2S. The van der Waals surface area contributed by atoms with E-state index in [0.717, 1.165) is 16.1 Å². The number of anilines is 1. The highest BCUT2D eigenvalue weighted by atomic mass is 79.9. The number of benzene rings is 2. The molecule has 0 unspecified atom stereocenters. The van der Waals surface area contributed by atoms with Gasteiger partial charge in [0.05, 0.1) is 18.4 Å². The summed E-state index contributed by atoms with van der Waals surface area (Å²) in [5.74, 6) is 0.00823. The fourth-order valence-corrected chi connectivity index (χ4v) is 3.55. The highest BCUT2D eigenvalue weighted by molar-refractivity contribution is 9.10. The Balaban J connectivity index is 1.85. The first-order valence-corrected chi connectivity index (χ1v) is 8.97. The number of amides is 1. The molecule has 0 saturated heterocycles. The van der Waals surface area contributed by atoms with Crippen molar-refractivity contribution in [3.8, 4) is 17.0 Å². The van der Waals surface area contributed by atoms with Crippen LogP contribution in [0.15, 0.2) is 46.9 Å². The topological polar surface area (TPSA) is 51.2 Å². The number of methoxy groups -OCH3 is 1. The second-order valence-electron chi connectivity index (χ2n) is 5.23. The Hall–Kier alpha value is -2.25. The van der Waals surface area contributed by atoms with Crippen molar-refractivity contribution in [2.45, 2.75) is 6.92 Å². The molecule has 1 amide bonds. The van der Waals surface area contributed by atoms with Crippen molar-refractivity contribution in [3.63, 3.8) is 0 Å². The van der Waals surface area contributed by atoms with Crippen molar-refractivity contribution >= 4 is 38.3 Å². The van der Waals surface area contributed by atoms with E-state index in [9.17, 15) is 9.18 Å². The van der Waals surface area contributed by atoms with Crippen LogP contribution in [-0.4, -0.2) is 18.0 Å². The van der Waals surface area contributed by atoms with Crippen LogP contribution in [0.25, 0.3) is 11.3 Å². The summed E-state index contributed by atoms with van der Waals surface area (Å²) in [6.07, 6.45) is 0. The van der Waals surface area contributed by atoms with E-state index in [1.807, 2.05) is 6.92 Å². The fraction of sp³-hybridized carbons (Fsp3) is 0.111. The van der Waals surface area contributed by atoms with Crippen molar-refractivity contribution in [1.29, 1.82) is 0 Å². The third-order valence-corrected chi connectivity index (χ3v) is 5.13. The lowest BCUT2D eigenvalue weighted by Gasteiger charge is -2.06. The normalized spacial score (nSPS) is 10.6. The molecule has 1 heterocycles. The summed E-state index contributed by atoms with van der Waals surface area (Å²) in [5.41, 5.74) is 1.98. The predicted octanol–water partition coefficient (Wildman–Crippen LogP) is 5.28. The first kappa shape index (κ1) is 17.6. The van der Waals surface area contributed by atoms with Crippen LogP contribution in [0.5, 0.6) is 5.75 Å². The van der Waals surface area contributed by atoms with Gasteiger partial charge in [-0.15, -0.1) is 11.3 Å². The molecule has 0 aliphatic rings. The van der Waals surface area contributed by atoms with Crippen LogP contribution in [0.1, 0.15) is 15.2 Å². The van der Waals surface area contributed by atoms with Crippen LogP contribution < -0.4 is 10.1 Å². The van der Waals surface area contributed by atoms with E-state index in [2.05, 4.69) is 26.2 Å². The number of aromatic nitrogens is 1. The SMILES string of the molecule is COc1ccc(Br)c(C(=O)Nc2nc(-c3ccc(F)cc3)c(C)s2)c1. The van der Waals surface area contributed by atoms with Gasteiger partial charge >= 0.3 is 0 Å². The van der Waals surface area contributed by atoms with Crippen LogP contribution in [-0.2, 0) is 0 Å². The number of aryl methyl sites for hydroxylation is 1. The third-order valence-electron chi connectivity index (χ3n) is 3.55. The zero-order chi connectivity index (χ0) is 18.0. The maximum absolute atomic E-state index is 13.1. The summed E-state index contributed by atoms with van der Waals surface area (Å²) in [5, 5.41) is 3.28. The molecule has 0 spiro atoms. The summed E-state index contributed by atoms with van der Waals surface area (Å²) in [6.45, 7) is 1.91. The highest BCUT2D eigenvalue weighted by Crippen LogP contribution is 2.31. The monoisotopic (exact) mass is 420 g/mol. The van der Waals surface area contributed by atoms with E-state index in [1.54, 1.807) is 37.4 Å². The Kier molecular flexibility index (Phi) is 5.15. The maximum atomic E-state index is 13.1. The third kappa shape index (κ3) is 3.88. The molecular weight excluding hydrogens is 407 g/mol. The van der Waals surface area contributed by atoms with E-state index in [-0.39, 0.29) is 11.7 Å². The average Bonchev–Trinajstić information content (AvgIpc) is 2.96. The quantitative estimate of drug-likeness (QED) is 0.624. The number of carbonyl (C=O) groups excluding carboxylic acids is 1. The minimum absolute atomic E-state index is 0.287. The summed E-state index contributed by atoms with van der Waals surface area (Å²) < 4.78 is 18.9. The Morgan fingerprint density at radius 1 is 1.24 bits per heavy atom. The van der Waals surface area contributed by atoms with Crippen molar-refractivity contribution < 1.29 is 13.9 Å². The molecule has 0 saturated carbocycles. The van der Waals surface area contributed by atoms with Gasteiger partial charge in [-0.1, -0.05) is 0 Å². The predicted molar refractivity (Wildman–Crippen MR) is 101 cm³/mol. The first-order chi connectivity index (χ1) is 12.0. The highest BCUT2D eigenvalue weighted by Gasteiger charge is 2.16. The number of hydrogen-bond donors (Lipinski definition) is 1. The first-order valence-electron chi connectivity index (χ1n) is 7.36. The van der Waals surface area contributed by atoms with E-state index in [0.29, 0.717) is 20.9 Å². The molecule has 3 rings (SSSR count). The molecule has 4 nitrogen and oxygen atoms in total. The summed E-state index contributed by atoms with van der Waals surface area (Å²) >= 11 is 4.74. The smallest absolute Gasteiger partial charge is 0.258 e. The summed E-state index contributed by atoms with van der Waals surface area (Å²) in [7, 11) is 1.55. The van der Waals surface area contributed by atoms with Crippen LogP contribution in [0.4, 0.5) is 9.52 Å². The number of carbonyl (C=O) groups is 1. The van der Waals surface area contributed by atoms with Crippen molar-refractivity contribution in [1.82, 2.24) is 4.98 Å². The van der Waals surface area contributed by atoms with Gasteiger partial charge in [0.15, 0.2) is 5.13 Å². The Labute approximate surface area is 156 Å². The molecule has 25 heavy (non-hydrogen) atoms. The molecule has 2 aromatic carbocycles. The zero-order valence-corrected chi connectivity index (χ0v) is 15.9. The van der Waals surface area contributed by atoms with Crippen LogP contribution in [0, 0.1) is 12.7 Å². The van der Waals surface area contributed by atoms with Crippen molar-refractivity contribution in [2.75, 3.05) is 12.4 Å². The molecule has 0 aliphatic heterocycles. The van der Waals surface area contributed by atoms with Gasteiger partial charge < -0.3 is 4.74 Å². The second-order valence-corrected chi connectivity index (χ2v) is 7.29. The standard InChI is InChI=1S/C18H14BrFN2O2S/c1-10-16(11-3-5-12(20)6-4-11)21-18(25-10)22-17(23)14-9-13(24-2)7-8-15(14)19/h3-9H,1-2H3,(H,21,22,23). The van der Waals surface area contributed by atoms with Gasteiger partial charge in [-0.05, 0) is 65.3 Å². The van der Waals surface area contributed by atoms with E-state index < -0.39 is 0 Å². The number of nitrogens with zero attached hydrogens (tertiary/aromatic N) is 1. The Morgan fingerprint density at radius 2 is 1.96 bits per heavy atom.